The van der Waals surface area contributed by atoms with Crippen LogP contribution in [0.4, 0.5) is 0 Å². The van der Waals surface area contributed by atoms with Gasteiger partial charge < -0.3 is 5.11 Å². The molecule has 1 heterocycles. The minimum atomic E-state index is -0.378. The molecule has 4 nitrogen and oxygen atoms in total. The van der Waals surface area contributed by atoms with Crippen molar-refractivity contribution in [2.24, 2.45) is 0 Å². The van der Waals surface area contributed by atoms with E-state index in [0.717, 1.165) is 12.2 Å². The number of aromatic nitrogens is 3. The van der Waals surface area contributed by atoms with E-state index in [1.807, 2.05) is 10.7 Å². The van der Waals surface area contributed by atoms with Crippen LogP contribution in [0.3, 0.4) is 0 Å². The molecule has 1 aliphatic carbocycles. The van der Waals surface area contributed by atoms with Crippen LogP contribution in [0.5, 0.6) is 0 Å². The first-order valence-electron chi connectivity index (χ1n) is 6.81. The topological polar surface area (TPSA) is 50.9 Å². The van der Waals surface area contributed by atoms with Gasteiger partial charge in [0.05, 0.1) is 6.10 Å². The maximum atomic E-state index is 10.4. The van der Waals surface area contributed by atoms with Crippen molar-refractivity contribution < 1.29 is 5.11 Å². The fraction of sp³-hybridized carbons (Fsp3) is 0.467. The van der Waals surface area contributed by atoms with Gasteiger partial charge in [-0.05, 0) is 31.4 Å². The van der Waals surface area contributed by atoms with Crippen molar-refractivity contribution in [1.82, 2.24) is 14.8 Å². The van der Waals surface area contributed by atoms with E-state index < -0.39 is 0 Å². The molecule has 1 aromatic heterocycles. The third kappa shape index (κ3) is 2.16. The lowest BCUT2D eigenvalue weighted by molar-refractivity contribution is 0.129. The highest BCUT2D eigenvalue weighted by atomic mass is 16.3. The van der Waals surface area contributed by atoms with Crippen LogP contribution in [0.15, 0.2) is 30.6 Å². The van der Waals surface area contributed by atoms with Gasteiger partial charge in [0, 0.05) is 18.4 Å². The van der Waals surface area contributed by atoms with Gasteiger partial charge in [-0.15, -0.1) is 0 Å². The van der Waals surface area contributed by atoms with E-state index in [2.05, 4.69) is 42.1 Å². The quantitative estimate of drug-likeness (QED) is 0.912. The van der Waals surface area contributed by atoms with Crippen molar-refractivity contribution in [3.05, 3.63) is 47.5 Å². The van der Waals surface area contributed by atoms with Gasteiger partial charge in [-0.1, -0.05) is 24.3 Å². The summed E-state index contributed by atoms with van der Waals surface area (Å²) in [7, 11) is 0. The monoisotopic (exact) mass is 257 g/mol. The van der Waals surface area contributed by atoms with Gasteiger partial charge >= 0.3 is 0 Å². The van der Waals surface area contributed by atoms with E-state index in [0.29, 0.717) is 6.42 Å². The smallest absolute Gasteiger partial charge is 0.138 e. The molecule has 1 N–H and O–H groups in total. The fourth-order valence-electron chi connectivity index (χ4n) is 2.82. The molecule has 0 bridgehead atoms. The number of rotatable bonds is 4. The normalized spacial score (nSPS) is 19.1. The summed E-state index contributed by atoms with van der Waals surface area (Å²) in [6.07, 6.45) is 2.72. The standard InChI is InChI=1S/C15H19N3O/c1-10(2)18-15(16-9-17-18)8-14(19)13-7-11-5-3-4-6-12(11)13/h3-6,9-10,13-14,19H,7-8H2,1-2H3. The molecule has 4 heteroatoms. The number of hydrogen-bond donors (Lipinski definition) is 1. The molecular weight excluding hydrogens is 238 g/mol. The van der Waals surface area contributed by atoms with Crippen molar-refractivity contribution in [3.63, 3.8) is 0 Å². The van der Waals surface area contributed by atoms with E-state index in [-0.39, 0.29) is 18.1 Å². The molecule has 0 spiro atoms. The summed E-state index contributed by atoms with van der Waals surface area (Å²) >= 11 is 0. The molecule has 0 saturated heterocycles. The average Bonchev–Trinajstić information content (AvgIpc) is 2.79. The zero-order chi connectivity index (χ0) is 13.4. The third-order valence-electron chi connectivity index (χ3n) is 3.89. The molecule has 19 heavy (non-hydrogen) atoms. The van der Waals surface area contributed by atoms with Crippen molar-refractivity contribution >= 4 is 0 Å². The highest BCUT2D eigenvalue weighted by Gasteiger charge is 2.32. The minimum absolute atomic E-state index is 0.244. The van der Waals surface area contributed by atoms with Crippen LogP contribution in [-0.4, -0.2) is 26.0 Å². The Morgan fingerprint density at radius 3 is 2.89 bits per heavy atom. The van der Waals surface area contributed by atoms with Crippen LogP contribution in [0.2, 0.25) is 0 Å². The molecule has 0 radical (unpaired) electrons. The zero-order valence-electron chi connectivity index (χ0n) is 11.3. The maximum Gasteiger partial charge on any atom is 0.138 e. The van der Waals surface area contributed by atoms with E-state index in [1.54, 1.807) is 6.33 Å². The van der Waals surface area contributed by atoms with E-state index >= 15 is 0 Å². The Bertz CT molecular complexity index is 576. The lowest BCUT2D eigenvalue weighted by Gasteiger charge is -2.33. The van der Waals surface area contributed by atoms with Crippen LogP contribution in [0.1, 0.15) is 42.8 Å². The van der Waals surface area contributed by atoms with E-state index in [1.165, 1.54) is 11.1 Å². The van der Waals surface area contributed by atoms with Crippen LogP contribution in [0.25, 0.3) is 0 Å². The van der Waals surface area contributed by atoms with Crippen molar-refractivity contribution in [1.29, 1.82) is 0 Å². The molecule has 100 valence electrons. The number of nitrogens with zero attached hydrogens (tertiary/aromatic N) is 3. The first-order chi connectivity index (χ1) is 9.16. The number of hydrogen-bond acceptors (Lipinski definition) is 3. The summed E-state index contributed by atoms with van der Waals surface area (Å²) < 4.78 is 1.88. The summed E-state index contributed by atoms with van der Waals surface area (Å²) in [6, 6.07) is 8.61. The molecule has 2 unspecified atom stereocenters. The summed E-state index contributed by atoms with van der Waals surface area (Å²) in [5, 5.41) is 14.6. The number of fused-ring (bicyclic) bond motifs is 1. The predicted octanol–water partition coefficient (Wildman–Crippen LogP) is 2.10. The van der Waals surface area contributed by atoms with Crippen molar-refractivity contribution in [3.8, 4) is 0 Å². The summed E-state index contributed by atoms with van der Waals surface area (Å²) in [6.45, 7) is 4.15. The van der Waals surface area contributed by atoms with E-state index in [4.69, 9.17) is 0 Å². The van der Waals surface area contributed by atoms with Gasteiger partial charge in [-0.25, -0.2) is 9.67 Å². The van der Waals surface area contributed by atoms with Crippen LogP contribution in [0, 0.1) is 0 Å². The van der Waals surface area contributed by atoms with Gasteiger partial charge in [0.15, 0.2) is 0 Å². The molecule has 0 amide bonds. The Hall–Kier alpha value is -1.68. The molecule has 1 aromatic carbocycles. The number of aliphatic hydroxyl groups excluding tert-OH is 1. The first kappa shape index (κ1) is 12.4. The molecule has 0 fully saturated rings. The molecule has 0 saturated carbocycles. The lowest BCUT2D eigenvalue weighted by Crippen LogP contribution is -2.31. The van der Waals surface area contributed by atoms with Crippen LogP contribution >= 0.6 is 0 Å². The Balaban J connectivity index is 1.73. The average molecular weight is 257 g/mol. The predicted molar refractivity (Wildman–Crippen MR) is 73.0 cm³/mol. The number of aliphatic hydroxyl groups is 1. The Labute approximate surface area is 113 Å². The molecular formula is C15H19N3O. The molecule has 0 aliphatic heterocycles. The molecule has 1 aliphatic rings. The maximum absolute atomic E-state index is 10.4. The van der Waals surface area contributed by atoms with Crippen molar-refractivity contribution in [2.45, 2.75) is 44.8 Å². The Morgan fingerprint density at radius 1 is 1.37 bits per heavy atom. The second-order valence-electron chi connectivity index (χ2n) is 5.50. The van der Waals surface area contributed by atoms with Gasteiger partial charge in [0.1, 0.15) is 12.2 Å². The molecule has 2 aromatic rings. The van der Waals surface area contributed by atoms with Gasteiger partial charge in [0.2, 0.25) is 0 Å². The lowest BCUT2D eigenvalue weighted by atomic mass is 9.74. The highest BCUT2D eigenvalue weighted by Crippen LogP contribution is 2.38. The Morgan fingerprint density at radius 2 is 2.16 bits per heavy atom. The zero-order valence-corrected chi connectivity index (χ0v) is 11.3. The number of benzene rings is 1. The first-order valence-corrected chi connectivity index (χ1v) is 6.81. The summed E-state index contributed by atoms with van der Waals surface area (Å²) in [4.78, 5) is 4.27. The van der Waals surface area contributed by atoms with Crippen LogP contribution in [-0.2, 0) is 12.8 Å². The SMILES string of the molecule is CC(C)n1ncnc1CC(O)C1Cc2ccccc21. The highest BCUT2D eigenvalue weighted by molar-refractivity contribution is 5.40. The van der Waals surface area contributed by atoms with Crippen LogP contribution < -0.4 is 0 Å². The Kier molecular flexibility index (Phi) is 3.11. The second kappa shape index (κ2) is 4.78. The van der Waals surface area contributed by atoms with E-state index in [9.17, 15) is 5.11 Å². The summed E-state index contributed by atoms with van der Waals surface area (Å²) in [5.41, 5.74) is 2.64. The van der Waals surface area contributed by atoms with Gasteiger partial charge in [0.25, 0.3) is 0 Å². The minimum Gasteiger partial charge on any atom is -0.392 e. The van der Waals surface area contributed by atoms with Gasteiger partial charge in [-0.2, -0.15) is 5.10 Å². The van der Waals surface area contributed by atoms with Crippen molar-refractivity contribution in [2.75, 3.05) is 0 Å². The third-order valence-corrected chi connectivity index (χ3v) is 3.89. The largest absolute Gasteiger partial charge is 0.392 e. The second-order valence-corrected chi connectivity index (χ2v) is 5.50. The summed E-state index contributed by atoms with van der Waals surface area (Å²) in [5.74, 6) is 1.11. The fourth-order valence-corrected chi connectivity index (χ4v) is 2.82. The van der Waals surface area contributed by atoms with Gasteiger partial charge in [-0.3, -0.25) is 0 Å². The molecule has 2 atom stereocenters. The molecule has 3 rings (SSSR count).